The summed E-state index contributed by atoms with van der Waals surface area (Å²) in [6.45, 7) is 2.60. The van der Waals surface area contributed by atoms with Crippen molar-refractivity contribution in [1.82, 2.24) is 14.9 Å². The van der Waals surface area contributed by atoms with E-state index in [2.05, 4.69) is 57.2 Å². The molecule has 0 spiro atoms. The van der Waals surface area contributed by atoms with Crippen molar-refractivity contribution >= 4 is 26.7 Å². The van der Waals surface area contributed by atoms with Gasteiger partial charge in [-0.3, -0.25) is 14.9 Å². The number of pyridine rings is 2. The molecule has 0 aliphatic heterocycles. The van der Waals surface area contributed by atoms with Crippen LogP contribution in [-0.2, 0) is 13.0 Å². The van der Waals surface area contributed by atoms with Crippen LogP contribution in [0.3, 0.4) is 0 Å². The van der Waals surface area contributed by atoms with Crippen molar-refractivity contribution in [3.8, 4) is 0 Å². The van der Waals surface area contributed by atoms with E-state index in [0.717, 1.165) is 55.5 Å². The lowest BCUT2D eigenvalue weighted by Gasteiger charge is -2.35. The lowest BCUT2D eigenvalue weighted by Crippen LogP contribution is -2.33. The molecule has 1 unspecified atom stereocenters. The van der Waals surface area contributed by atoms with Crippen molar-refractivity contribution in [2.24, 2.45) is 5.73 Å². The fourth-order valence-corrected chi connectivity index (χ4v) is 4.65. The first kappa shape index (κ1) is 19.5. The van der Waals surface area contributed by atoms with Crippen LogP contribution in [0.1, 0.15) is 48.7 Å². The SMILES string of the molecule is NCCCCN(Cc1nccc2cc(Br)ccc12)C1CCCc2cccnc21. The zero-order valence-corrected chi connectivity index (χ0v) is 17.7. The third-order valence-corrected chi connectivity index (χ3v) is 6.16. The van der Waals surface area contributed by atoms with Crippen LogP contribution in [0.25, 0.3) is 10.8 Å². The predicted octanol–water partition coefficient (Wildman–Crippen LogP) is 5.01. The number of aryl methyl sites for hydroxylation is 1. The van der Waals surface area contributed by atoms with Gasteiger partial charge in [0, 0.05) is 28.8 Å². The lowest BCUT2D eigenvalue weighted by molar-refractivity contribution is 0.162. The lowest BCUT2D eigenvalue weighted by atomic mass is 9.90. The van der Waals surface area contributed by atoms with Crippen molar-refractivity contribution in [2.75, 3.05) is 13.1 Å². The number of nitrogens with two attached hydrogens (primary N) is 1. The number of rotatable bonds is 7. The molecule has 1 aliphatic rings. The summed E-state index contributed by atoms with van der Waals surface area (Å²) in [4.78, 5) is 12.1. The van der Waals surface area contributed by atoms with Crippen molar-refractivity contribution in [1.29, 1.82) is 0 Å². The number of hydrogen-bond acceptors (Lipinski definition) is 4. The normalized spacial score (nSPS) is 16.5. The highest BCUT2D eigenvalue weighted by atomic mass is 79.9. The van der Waals surface area contributed by atoms with E-state index in [1.54, 1.807) is 0 Å². The predicted molar refractivity (Wildman–Crippen MR) is 118 cm³/mol. The first-order valence-corrected chi connectivity index (χ1v) is 11.0. The van der Waals surface area contributed by atoms with Crippen LogP contribution < -0.4 is 5.73 Å². The van der Waals surface area contributed by atoms with E-state index in [1.165, 1.54) is 28.5 Å². The number of hydrogen-bond donors (Lipinski definition) is 1. The third-order valence-electron chi connectivity index (χ3n) is 5.67. The number of halogens is 1. The zero-order chi connectivity index (χ0) is 19.3. The summed E-state index contributed by atoms with van der Waals surface area (Å²) in [5.41, 5.74) is 9.56. The third kappa shape index (κ3) is 4.27. The molecule has 2 N–H and O–H groups in total. The van der Waals surface area contributed by atoms with Crippen molar-refractivity contribution in [3.05, 3.63) is 70.2 Å². The largest absolute Gasteiger partial charge is 0.330 e. The molecule has 4 nitrogen and oxygen atoms in total. The standard InChI is InChI=1S/C23H27BrN4/c24-19-8-9-20-18(15-19)10-13-26-21(20)16-28(14-2-1-11-25)22-7-3-5-17-6-4-12-27-23(17)22/h4,6,8-10,12-13,15,22H,1-3,5,7,11,14,16,25H2. The van der Waals surface area contributed by atoms with Crippen LogP contribution in [0.4, 0.5) is 0 Å². The van der Waals surface area contributed by atoms with Crippen LogP contribution in [0.15, 0.2) is 53.3 Å². The highest BCUT2D eigenvalue weighted by molar-refractivity contribution is 9.10. The van der Waals surface area contributed by atoms with E-state index >= 15 is 0 Å². The molecule has 3 aromatic rings. The molecule has 0 saturated heterocycles. The van der Waals surface area contributed by atoms with Crippen LogP contribution in [0, 0.1) is 0 Å². The Morgan fingerprint density at radius 1 is 1.11 bits per heavy atom. The Balaban J connectivity index is 1.66. The molecule has 1 aliphatic carbocycles. The summed E-state index contributed by atoms with van der Waals surface area (Å²) in [6, 6.07) is 13.2. The van der Waals surface area contributed by atoms with Gasteiger partial charge in [0.25, 0.3) is 0 Å². The summed E-state index contributed by atoms with van der Waals surface area (Å²) in [6.07, 6.45) is 9.52. The van der Waals surface area contributed by atoms with Crippen molar-refractivity contribution < 1.29 is 0 Å². The van der Waals surface area contributed by atoms with Gasteiger partial charge < -0.3 is 5.73 Å². The van der Waals surface area contributed by atoms with Gasteiger partial charge in [-0.05, 0) is 80.4 Å². The molecule has 2 aromatic heterocycles. The van der Waals surface area contributed by atoms with Gasteiger partial charge in [0.15, 0.2) is 0 Å². The number of unbranched alkanes of at least 4 members (excludes halogenated alkanes) is 1. The maximum absolute atomic E-state index is 5.76. The molecular weight excluding hydrogens is 412 g/mol. The molecule has 28 heavy (non-hydrogen) atoms. The molecule has 1 atom stereocenters. The summed E-state index contributed by atoms with van der Waals surface area (Å²) in [7, 11) is 0. The minimum absolute atomic E-state index is 0.357. The monoisotopic (exact) mass is 438 g/mol. The molecule has 5 heteroatoms. The zero-order valence-electron chi connectivity index (χ0n) is 16.1. The quantitative estimate of drug-likeness (QED) is 0.526. The van der Waals surface area contributed by atoms with Gasteiger partial charge in [0.1, 0.15) is 0 Å². The van der Waals surface area contributed by atoms with Gasteiger partial charge in [0.2, 0.25) is 0 Å². The fourth-order valence-electron chi connectivity index (χ4n) is 4.27. The topological polar surface area (TPSA) is 55.0 Å². The Hall–Kier alpha value is -1.82. The second-order valence-corrected chi connectivity index (χ2v) is 8.46. The molecule has 0 amide bonds. The van der Waals surface area contributed by atoms with E-state index in [0.29, 0.717) is 6.04 Å². The fraction of sp³-hybridized carbons (Fsp3) is 0.391. The van der Waals surface area contributed by atoms with Gasteiger partial charge in [-0.2, -0.15) is 0 Å². The van der Waals surface area contributed by atoms with Gasteiger partial charge in [0.05, 0.1) is 17.4 Å². The van der Waals surface area contributed by atoms with Crippen LogP contribution >= 0.6 is 15.9 Å². The Morgan fingerprint density at radius 2 is 2.04 bits per heavy atom. The van der Waals surface area contributed by atoms with Crippen molar-refractivity contribution in [3.63, 3.8) is 0 Å². The number of fused-ring (bicyclic) bond motifs is 2. The molecule has 1 aromatic carbocycles. The Labute approximate surface area is 175 Å². The van der Waals surface area contributed by atoms with Gasteiger partial charge >= 0.3 is 0 Å². The molecule has 0 saturated carbocycles. The van der Waals surface area contributed by atoms with Crippen molar-refractivity contribution in [2.45, 2.75) is 44.7 Å². The molecule has 0 bridgehead atoms. The Bertz CT molecular complexity index is 943. The second-order valence-electron chi connectivity index (χ2n) is 7.55. The van der Waals surface area contributed by atoms with Gasteiger partial charge in [-0.15, -0.1) is 0 Å². The highest BCUT2D eigenvalue weighted by Gasteiger charge is 2.27. The summed E-state index contributed by atoms with van der Waals surface area (Å²) in [5.74, 6) is 0. The smallest absolute Gasteiger partial charge is 0.0622 e. The highest BCUT2D eigenvalue weighted by Crippen LogP contribution is 2.34. The molecule has 2 heterocycles. The molecule has 0 radical (unpaired) electrons. The summed E-state index contributed by atoms with van der Waals surface area (Å²) >= 11 is 3.58. The van der Waals surface area contributed by atoms with E-state index < -0.39 is 0 Å². The Kier molecular flexibility index (Phi) is 6.35. The molecule has 146 valence electrons. The molecule has 0 fully saturated rings. The van der Waals surface area contributed by atoms with E-state index in [9.17, 15) is 0 Å². The average molecular weight is 439 g/mol. The molecule has 4 rings (SSSR count). The summed E-state index contributed by atoms with van der Waals surface area (Å²) < 4.78 is 1.10. The van der Waals surface area contributed by atoms with Gasteiger partial charge in [-0.1, -0.05) is 28.1 Å². The van der Waals surface area contributed by atoms with E-state index in [4.69, 9.17) is 15.7 Å². The number of aromatic nitrogens is 2. The average Bonchev–Trinajstić information content (AvgIpc) is 2.72. The van der Waals surface area contributed by atoms with E-state index in [1.807, 2.05) is 12.4 Å². The minimum atomic E-state index is 0.357. The second kappa shape index (κ2) is 9.12. The first-order valence-electron chi connectivity index (χ1n) is 10.2. The number of nitrogens with zero attached hydrogens (tertiary/aromatic N) is 3. The van der Waals surface area contributed by atoms with Crippen LogP contribution in [0.5, 0.6) is 0 Å². The maximum atomic E-state index is 5.76. The van der Waals surface area contributed by atoms with Gasteiger partial charge in [-0.25, -0.2) is 0 Å². The van der Waals surface area contributed by atoms with Crippen LogP contribution in [-0.4, -0.2) is 28.0 Å². The first-order chi connectivity index (χ1) is 13.8. The minimum Gasteiger partial charge on any atom is -0.330 e. The number of benzene rings is 1. The van der Waals surface area contributed by atoms with E-state index in [-0.39, 0.29) is 0 Å². The molecular formula is C23H27BrN4. The van der Waals surface area contributed by atoms with Crippen LogP contribution in [0.2, 0.25) is 0 Å². The Morgan fingerprint density at radius 3 is 2.93 bits per heavy atom. The summed E-state index contributed by atoms with van der Waals surface area (Å²) in [5, 5.41) is 2.45. The maximum Gasteiger partial charge on any atom is 0.0622 e.